The number of carbonyl (C=O) groups excluding carboxylic acids is 1. The molecule has 138 valence electrons. The molecule has 5 rings (SSSR count). The Kier molecular flexibility index (Phi) is 3.92. The van der Waals surface area contributed by atoms with E-state index in [1.165, 1.54) is 12.5 Å². The van der Waals surface area contributed by atoms with Gasteiger partial charge < -0.3 is 18.6 Å². The first-order chi connectivity index (χ1) is 13.3. The van der Waals surface area contributed by atoms with Crippen LogP contribution in [-0.4, -0.2) is 40.1 Å². The third-order valence-electron chi connectivity index (χ3n) is 5.00. The van der Waals surface area contributed by atoms with Crippen molar-refractivity contribution in [1.82, 2.24) is 15.0 Å². The number of para-hydroxylation sites is 1. The lowest BCUT2D eigenvalue weighted by molar-refractivity contribution is 0.0772. The zero-order chi connectivity index (χ0) is 18.2. The summed E-state index contributed by atoms with van der Waals surface area (Å²) >= 11 is 0. The number of hydrogen-bond acceptors (Lipinski definition) is 6. The van der Waals surface area contributed by atoms with Crippen molar-refractivity contribution < 1.29 is 18.5 Å². The summed E-state index contributed by atoms with van der Waals surface area (Å²) in [7, 11) is 0. The van der Waals surface area contributed by atoms with Crippen LogP contribution in [0, 0.1) is 0 Å². The Morgan fingerprint density at radius 2 is 2.07 bits per heavy atom. The molecule has 2 aromatic heterocycles. The second-order valence-electron chi connectivity index (χ2n) is 7.02. The van der Waals surface area contributed by atoms with Crippen molar-refractivity contribution in [3.8, 4) is 17.2 Å². The summed E-state index contributed by atoms with van der Waals surface area (Å²) in [6, 6.07) is 9.34. The smallest absolute Gasteiger partial charge is 0.261 e. The number of ether oxygens (including phenoxy) is 1. The van der Waals surface area contributed by atoms with Gasteiger partial charge in [-0.1, -0.05) is 17.3 Å². The molecule has 7 nitrogen and oxygen atoms in total. The maximum Gasteiger partial charge on any atom is 0.261 e. The van der Waals surface area contributed by atoms with E-state index >= 15 is 0 Å². The third-order valence-corrected chi connectivity index (χ3v) is 5.00. The van der Waals surface area contributed by atoms with E-state index in [4.69, 9.17) is 13.7 Å². The molecule has 1 saturated carbocycles. The minimum atomic E-state index is -0.0761. The van der Waals surface area contributed by atoms with Crippen molar-refractivity contribution in [3.05, 3.63) is 54.2 Å². The highest BCUT2D eigenvalue weighted by molar-refractivity contribution is 5.94. The fourth-order valence-electron chi connectivity index (χ4n) is 3.35. The zero-order valence-electron chi connectivity index (χ0n) is 14.7. The fourth-order valence-corrected chi connectivity index (χ4v) is 3.35. The van der Waals surface area contributed by atoms with Crippen LogP contribution >= 0.6 is 0 Å². The molecule has 0 radical (unpaired) electrons. The van der Waals surface area contributed by atoms with E-state index in [0.29, 0.717) is 36.2 Å². The maximum absolute atomic E-state index is 12.4. The lowest BCUT2D eigenvalue weighted by Crippen LogP contribution is -2.30. The van der Waals surface area contributed by atoms with Crippen LogP contribution in [0.5, 0.6) is 5.75 Å². The second kappa shape index (κ2) is 6.57. The molecule has 27 heavy (non-hydrogen) atoms. The quantitative estimate of drug-likeness (QED) is 0.688. The molecule has 1 saturated heterocycles. The molecule has 3 aromatic rings. The summed E-state index contributed by atoms with van der Waals surface area (Å²) < 4.78 is 16.7. The predicted octanol–water partition coefficient (Wildman–Crippen LogP) is 3.50. The second-order valence-corrected chi connectivity index (χ2v) is 7.02. The zero-order valence-corrected chi connectivity index (χ0v) is 14.7. The highest BCUT2D eigenvalue weighted by Crippen LogP contribution is 2.39. The molecule has 0 N–H and O–H groups in total. The van der Waals surface area contributed by atoms with E-state index in [1.807, 2.05) is 24.3 Å². The number of aromatic nitrogens is 2. The van der Waals surface area contributed by atoms with Gasteiger partial charge in [-0.3, -0.25) is 4.79 Å². The van der Waals surface area contributed by atoms with E-state index in [0.717, 1.165) is 30.7 Å². The van der Waals surface area contributed by atoms with Crippen LogP contribution in [0.2, 0.25) is 0 Å². The van der Waals surface area contributed by atoms with Crippen molar-refractivity contribution in [2.45, 2.75) is 31.3 Å². The molecule has 2 fully saturated rings. The molecule has 0 spiro atoms. The number of nitrogens with zero attached hydrogens (tertiary/aromatic N) is 3. The van der Waals surface area contributed by atoms with Crippen LogP contribution in [0.1, 0.15) is 41.4 Å². The first kappa shape index (κ1) is 16.1. The van der Waals surface area contributed by atoms with Gasteiger partial charge in [0.05, 0.1) is 23.9 Å². The number of carbonyl (C=O) groups is 1. The van der Waals surface area contributed by atoms with Crippen LogP contribution in [0.3, 0.4) is 0 Å². The summed E-state index contributed by atoms with van der Waals surface area (Å²) in [5.41, 5.74) is 1.35. The van der Waals surface area contributed by atoms with Crippen LogP contribution < -0.4 is 4.74 Å². The van der Waals surface area contributed by atoms with Crippen molar-refractivity contribution in [3.63, 3.8) is 0 Å². The van der Waals surface area contributed by atoms with Crippen LogP contribution in [0.4, 0.5) is 0 Å². The summed E-state index contributed by atoms with van der Waals surface area (Å²) in [4.78, 5) is 18.8. The Morgan fingerprint density at radius 1 is 1.19 bits per heavy atom. The van der Waals surface area contributed by atoms with Gasteiger partial charge in [-0.2, -0.15) is 4.98 Å². The van der Waals surface area contributed by atoms with Gasteiger partial charge in [0, 0.05) is 18.9 Å². The van der Waals surface area contributed by atoms with Gasteiger partial charge in [0.25, 0.3) is 11.8 Å². The van der Waals surface area contributed by atoms with Crippen molar-refractivity contribution >= 4 is 5.91 Å². The van der Waals surface area contributed by atoms with Gasteiger partial charge >= 0.3 is 0 Å². The lowest BCUT2D eigenvalue weighted by Gasteiger charge is -2.17. The van der Waals surface area contributed by atoms with Crippen LogP contribution in [-0.2, 0) is 0 Å². The van der Waals surface area contributed by atoms with E-state index in [1.54, 1.807) is 11.0 Å². The van der Waals surface area contributed by atoms with Gasteiger partial charge in [-0.05, 0) is 31.0 Å². The summed E-state index contributed by atoms with van der Waals surface area (Å²) in [5, 5.41) is 4.09. The van der Waals surface area contributed by atoms with Gasteiger partial charge in [0.1, 0.15) is 18.1 Å². The molecule has 1 amide bonds. The highest BCUT2D eigenvalue weighted by Gasteiger charge is 2.31. The molecular weight excluding hydrogens is 346 g/mol. The Balaban J connectivity index is 1.30. The number of hydrogen-bond donors (Lipinski definition) is 0. The Hall–Kier alpha value is -3.09. The molecule has 2 aliphatic rings. The summed E-state index contributed by atoms with van der Waals surface area (Å²) in [5.74, 6) is 2.36. The molecule has 1 aromatic carbocycles. The average Bonchev–Trinajstić information content (AvgIpc) is 3.12. The van der Waals surface area contributed by atoms with E-state index in [2.05, 4.69) is 10.1 Å². The Morgan fingerprint density at radius 3 is 2.89 bits per heavy atom. The minimum Gasteiger partial charge on any atom is -0.488 e. The minimum absolute atomic E-state index is 0.0332. The summed E-state index contributed by atoms with van der Waals surface area (Å²) in [6.07, 6.45) is 5.93. The monoisotopic (exact) mass is 365 g/mol. The van der Waals surface area contributed by atoms with Crippen LogP contribution in [0.25, 0.3) is 11.5 Å². The van der Waals surface area contributed by atoms with Gasteiger partial charge in [-0.15, -0.1) is 0 Å². The molecule has 1 atom stereocenters. The summed E-state index contributed by atoms with van der Waals surface area (Å²) in [6.45, 7) is 1.19. The van der Waals surface area contributed by atoms with E-state index in [-0.39, 0.29) is 12.0 Å². The third kappa shape index (κ3) is 3.20. The Labute approximate surface area is 155 Å². The number of benzene rings is 1. The molecule has 1 aliphatic carbocycles. The Bertz CT molecular complexity index is 946. The lowest BCUT2D eigenvalue weighted by atomic mass is 10.2. The van der Waals surface area contributed by atoms with Crippen molar-refractivity contribution in [2.75, 3.05) is 13.1 Å². The van der Waals surface area contributed by atoms with E-state index < -0.39 is 0 Å². The number of furan rings is 1. The largest absolute Gasteiger partial charge is 0.488 e. The number of likely N-dealkylation sites (tertiary alicyclic amines) is 1. The molecule has 7 heteroatoms. The highest BCUT2D eigenvalue weighted by atomic mass is 16.5. The fraction of sp³-hybridized carbons (Fsp3) is 0.350. The van der Waals surface area contributed by atoms with Crippen LogP contribution in [0.15, 0.2) is 51.8 Å². The first-order valence-corrected chi connectivity index (χ1v) is 9.19. The average molecular weight is 365 g/mol. The van der Waals surface area contributed by atoms with Crippen molar-refractivity contribution in [1.29, 1.82) is 0 Å². The standard InChI is InChI=1S/C20H19N3O4/c24-20(14-8-10-25-12-14)23-9-7-15(11-23)26-17-4-2-1-3-16(17)19-21-18(22-27-19)13-5-6-13/h1-4,8,10,12-13,15H,5-7,9,11H2. The molecule has 1 unspecified atom stereocenters. The maximum atomic E-state index is 12.4. The first-order valence-electron chi connectivity index (χ1n) is 9.19. The predicted molar refractivity (Wildman–Crippen MR) is 95.4 cm³/mol. The van der Waals surface area contributed by atoms with E-state index in [9.17, 15) is 4.79 Å². The SMILES string of the molecule is O=C(c1ccoc1)N1CCC(Oc2ccccc2-c2nc(C3CC3)no2)C1. The molecule has 0 bridgehead atoms. The van der Waals surface area contributed by atoms with Gasteiger partial charge in [-0.25, -0.2) is 0 Å². The molecule has 1 aliphatic heterocycles. The number of amides is 1. The van der Waals surface area contributed by atoms with Gasteiger partial charge in [0.2, 0.25) is 0 Å². The topological polar surface area (TPSA) is 81.6 Å². The molecular formula is C20H19N3O4. The van der Waals surface area contributed by atoms with Crippen molar-refractivity contribution in [2.24, 2.45) is 0 Å². The van der Waals surface area contributed by atoms with Gasteiger partial charge in [0.15, 0.2) is 5.82 Å². The molecule has 3 heterocycles. The number of rotatable bonds is 5. The normalized spacial score (nSPS) is 19.4.